The third-order valence-electron chi connectivity index (χ3n) is 6.08. The Balaban J connectivity index is 0.000000257. The fourth-order valence-electron chi connectivity index (χ4n) is 3.83. The molecule has 5 rings (SSSR count). The van der Waals surface area contributed by atoms with Crippen LogP contribution < -0.4 is 4.74 Å². The largest absolute Gasteiger partial charge is 0.493 e. The molecule has 0 amide bonds. The molecular weight excluding hydrogens is 424 g/mol. The molecule has 3 heterocycles. The summed E-state index contributed by atoms with van der Waals surface area (Å²) in [6, 6.07) is 16.6. The van der Waals surface area contributed by atoms with Crippen molar-refractivity contribution in [2.45, 2.75) is 40.0 Å². The van der Waals surface area contributed by atoms with Crippen LogP contribution in [-0.4, -0.2) is 47.3 Å². The second kappa shape index (κ2) is 11.7. The van der Waals surface area contributed by atoms with E-state index in [4.69, 9.17) is 9.47 Å². The van der Waals surface area contributed by atoms with Crippen LogP contribution in [0.3, 0.4) is 0 Å². The second-order valence-electron chi connectivity index (χ2n) is 8.93. The van der Waals surface area contributed by atoms with Gasteiger partial charge in [0.2, 0.25) is 0 Å². The van der Waals surface area contributed by atoms with Crippen LogP contribution in [-0.2, 0) is 11.2 Å². The Bertz CT molecular complexity index is 1110. The number of rotatable bonds is 6. The molecule has 0 saturated carbocycles. The van der Waals surface area contributed by atoms with Gasteiger partial charge in [-0.3, -0.25) is 10.1 Å². The summed E-state index contributed by atoms with van der Waals surface area (Å²) in [4.78, 5) is 8.99. The number of nitrogens with zero attached hydrogens (tertiary/aromatic N) is 3. The first-order valence-corrected chi connectivity index (χ1v) is 12.1. The number of ether oxygens (including phenoxy) is 2. The predicted molar refractivity (Wildman–Crippen MR) is 137 cm³/mol. The van der Waals surface area contributed by atoms with Crippen molar-refractivity contribution in [2.75, 3.05) is 26.4 Å². The second-order valence-corrected chi connectivity index (χ2v) is 8.93. The first-order valence-electron chi connectivity index (χ1n) is 12.1. The van der Waals surface area contributed by atoms with Crippen LogP contribution in [0.25, 0.3) is 11.4 Å². The summed E-state index contributed by atoms with van der Waals surface area (Å²) >= 11 is 0. The number of hydrogen-bond acceptors (Lipinski definition) is 5. The third-order valence-corrected chi connectivity index (χ3v) is 6.08. The molecule has 6 heteroatoms. The van der Waals surface area contributed by atoms with Crippen molar-refractivity contribution < 1.29 is 9.47 Å². The zero-order chi connectivity index (χ0) is 23.8. The maximum atomic E-state index is 5.90. The number of allylic oxidation sites excluding steroid dienone is 1. The summed E-state index contributed by atoms with van der Waals surface area (Å²) in [5.41, 5.74) is 5.82. The average Bonchev–Trinajstić information content (AvgIpc) is 3.54. The molecule has 0 bridgehead atoms. The molecule has 178 valence electrons. The van der Waals surface area contributed by atoms with Gasteiger partial charge in [0.05, 0.1) is 13.2 Å². The van der Waals surface area contributed by atoms with Gasteiger partial charge in [-0.2, -0.15) is 5.10 Å². The predicted octanol–water partition coefficient (Wildman–Crippen LogP) is 5.58. The molecule has 0 aliphatic carbocycles. The minimum absolute atomic E-state index is 0.590. The van der Waals surface area contributed by atoms with Crippen molar-refractivity contribution in [3.63, 3.8) is 0 Å². The number of aryl methyl sites for hydroxylation is 2. The van der Waals surface area contributed by atoms with Gasteiger partial charge in [-0.25, -0.2) is 4.98 Å². The Kier molecular flexibility index (Phi) is 8.26. The van der Waals surface area contributed by atoms with Crippen LogP contribution in [0.15, 0.2) is 65.2 Å². The van der Waals surface area contributed by atoms with E-state index in [1.165, 1.54) is 16.7 Å². The lowest BCUT2D eigenvalue weighted by Gasteiger charge is -2.22. The van der Waals surface area contributed by atoms with Gasteiger partial charge in [0.25, 0.3) is 0 Å². The highest BCUT2D eigenvalue weighted by Crippen LogP contribution is 2.22. The Morgan fingerprint density at radius 1 is 1.00 bits per heavy atom. The lowest BCUT2D eigenvalue weighted by Crippen LogP contribution is -2.21. The zero-order valence-corrected chi connectivity index (χ0v) is 20.4. The molecule has 1 aromatic heterocycles. The summed E-state index contributed by atoms with van der Waals surface area (Å²) in [6.07, 6.45) is 5.34. The van der Waals surface area contributed by atoms with E-state index in [1.54, 1.807) is 0 Å². The number of H-pyrrole nitrogens is 1. The highest BCUT2D eigenvalue weighted by Gasteiger charge is 2.15. The quantitative estimate of drug-likeness (QED) is 0.523. The molecule has 1 saturated heterocycles. The van der Waals surface area contributed by atoms with E-state index in [0.717, 1.165) is 62.7 Å². The fraction of sp³-hybridized carbons (Fsp3) is 0.393. The Morgan fingerprint density at radius 2 is 1.74 bits per heavy atom. The standard InChI is InChI=1S/C19H22N4O2.C9H12/c1-13-10-17(20-11-13)19-21-18(22-23-19)15-2-4-16(5-3-15)25-12-14-6-8-24-9-7-14;1-3-9-6-4-8(2)5-7-9/h2-5,10,14H,6-9,11-12H2,1H3,(H,21,22,23);4-7H,3H2,1-2H3. The Morgan fingerprint density at radius 3 is 2.38 bits per heavy atom. The normalized spacial score (nSPS) is 15.9. The number of nitrogens with one attached hydrogen (secondary N) is 1. The molecule has 0 radical (unpaired) electrons. The number of benzene rings is 2. The van der Waals surface area contributed by atoms with Crippen molar-refractivity contribution >= 4 is 5.71 Å². The van der Waals surface area contributed by atoms with Crippen LogP contribution in [0.4, 0.5) is 0 Å². The van der Waals surface area contributed by atoms with E-state index in [1.807, 2.05) is 30.3 Å². The van der Waals surface area contributed by atoms with E-state index in [9.17, 15) is 0 Å². The van der Waals surface area contributed by atoms with Crippen molar-refractivity contribution in [3.05, 3.63) is 77.1 Å². The Labute approximate surface area is 202 Å². The number of aromatic nitrogens is 3. The molecular formula is C28H34N4O2. The smallest absolute Gasteiger partial charge is 0.181 e. The summed E-state index contributed by atoms with van der Waals surface area (Å²) < 4.78 is 11.3. The third kappa shape index (κ3) is 6.64. The fourth-order valence-corrected chi connectivity index (χ4v) is 3.83. The number of aromatic amines is 1. The van der Waals surface area contributed by atoms with E-state index >= 15 is 0 Å². The maximum Gasteiger partial charge on any atom is 0.181 e. The Hall–Kier alpha value is -3.25. The van der Waals surface area contributed by atoms with E-state index in [0.29, 0.717) is 17.6 Å². The first-order chi connectivity index (χ1) is 16.6. The average molecular weight is 459 g/mol. The van der Waals surface area contributed by atoms with Crippen LogP contribution in [0.2, 0.25) is 0 Å². The van der Waals surface area contributed by atoms with Crippen LogP contribution in [0.5, 0.6) is 5.75 Å². The number of hydrogen-bond donors (Lipinski definition) is 1. The van der Waals surface area contributed by atoms with Crippen molar-refractivity contribution in [1.82, 2.24) is 15.2 Å². The van der Waals surface area contributed by atoms with Gasteiger partial charge in [-0.15, -0.1) is 0 Å². The molecule has 3 aromatic rings. The molecule has 2 aromatic carbocycles. The minimum Gasteiger partial charge on any atom is -0.493 e. The van der Waals surface area contributed by atoms with Gasteiger partial charge in [-0.05, 0) is 80.5 Å². The van der Waals surface area contributed by atoms with E-state index in [-0.39, 0.29) is 0 Å². The van der Waals surface area contributed by atoms with Gasteiger partial charge >= 0.3 is 0 Å². The minimum atomic E-state index is 0.590. The molecule has 0 unspecified atom stereocenters. The molecule has 34 heavy (non-hydrogen) atoms. The first kappa shape index (κ1) is 23.9. The summed E-state index contributed by atoms with van der Waals surface area (Å²) in [6.45, 7) is 9.53. The van der Waals surface area contributed by atoms with Crippen LogP contribution in [0.1, 0.15) is 43.6 Å². The molecule has 0 atom stereocenters. The van der Waals surface area contributed by atoms with Gasteiger partial charge in [0.1, 0.15) is 11.5 Å². The zero-order valence-electron chi connectivity index (χ0n) is 20.4. The highest BCUT2D eigenvalue weighted by atomic mass is 16.5. The highest BCUT2D eigenvalue weighted by molar-refractivity contribution is 6.08. The monoisotopic (exact) mass is 458 g/mol. The van der Waals surface area contributed by atoms with Crippen molar-refractivity contribution in [2.24, 2.45) is 10.9 Å². The molecule has 6 nitrogen and oxygen atoms in total. The van der Waals surface area contributed by atoms with Crippen LogP contribution in [0, 0.1) is 12.8 Å². The summed E-state index contributed by atoms with van der Waals surface area (Å²) in [7, 11) is 0. The lowest BCUT2D eigenvalue weighted by atomic mass is 10.0. The number of aliphatic imine (C=N–C) groups is 1. The molecule has 2 aliphatic rings. The van der Waals surface area contributed by atoms with Gasteiger partial charge < -0.3 is 9.47 Å². The van der Waals surface area contributed by atoms with Crippen molar-refractivity contribution in [1.29, 1.82) is 0 Å². The van der Waals surface area contributed by atoms with E-state index < -0.39 is 0 Å². The lowest BCUT2D eigenvalue weighted by molar-refractivity contribution is 0.0497. The SMILES string of the molecule is CC1=CC(c2nc(-c3ccc(OCC4CCOCC4)cc3)n[nH]2)=NC1.CCc1ccc(C)cc1. The molecule has 0 spiro atoms. The van der Waals surface area contributed by atoms with Crippen molar-refractivity contribution in [3.8, 4) is 17.1 Å². The maximum absolute atomic E-state index is 5.90. The van der Waals surface area contributed by atoms with Crippen LogP contribution >= 0.6 is 0 Å². The summed E-state index contributed by atoms with van der Waals surface area (Å²) in [5, 5.41) is 7.27. The molecule has 1 fully saturated rings. The van der Waals surface area contributed by atoms with Gasteiger partial charge in [-0.1, -0.05) is 36.8 Å². The molecule has 2 aliphatic heterocycles. The topological polar surface area (TPSA) is 72.4 Å². The summed E-state index contributed by atoms with van der Waals surface area (Å²) in [5.74, 6) is 2.86. The van der Waals surface area contributed by atoms with E-state index in [2.05, 4.69) is 65.2 Å². The van der Waals surface area contributed by atoms with Gasteiger partial charge in [0.15, 0.2) is 11.6 Å². The molecule has 1 N–H and O–H groups in total. The van der Waals surface area contributed by atoms with Gasteiger partial charge in [0, 0.05) is 18.8 Å².